The van der Waals surface area contributed by atoms with Crippen molar-refractivity contribution in [1.82, 2.24) is 10.2 Å². The van der Waals surface area contributed by atoms with Crippen molar-refractivity contribution < 1.29 is 4.79 Å². The van der Waals surface area contributed by atoms with E-state index in [1.807, 2.05) is 0 Å². The molecule has 66 valence electrons. The van der Waals surface area contributed by atoms with Gasteiger partial charge in [0.05, 0.1) is 6.20 Å². The first kappa shape index (κ1) is 8.73. The lowest BCUT2D eigenvalue weighted by Gasteiger charge is -2.04. The van der Waals surface area contributed by atoms with Gasteiger partial charge in [0, 0.05) is 18.5 Å². The lowest BCUT2D eigenvalue weighted by molar-refractivity contribution is -0.116. The van der Waals surface area contributed by atoms with E-state index in [2.05, 4.69) is 15.5 Å². The van der Waals surface area contributed by atoms with Crippen LogP contribution in [-0.2, 0) is 4.79 Å². The summed E-state index contributed by atoms with van der Waals surface area (Å²) in [5.74, 6) is 0.495. The average Bonchev–Trinajstić information content (AvgIpc) is 2.37. The van der Waals surface area contributed by atoms with Gasteiger partial charge in [-0.25, -0.2) is 0 Å². The van der Waals surface area contributed by atoms with Gasteiger partial charge in [-0.3, -0.25) is 9.89 Å². The SMILES string of the molecule is CC(N)CC(=O)Nc1ccn[nH]1. The molecule has 12 heavy (non-hydrogen) atoms. The summed E-state index contributed by atoms with van der Waals surface area (Å²) in [4.78, 5) is 11.1. The lowest BCUT2D eigenvalue weighted by atomic mass is 10.2. The van der Waals surface area contributed by atoms with Crippen LogP contribution in [0.4, 0.5) is 5.82 Å². The summed E-state index contributed by atoms with van der Waals surface area (Å²) >= 11 is 0. The fourth-order valence-electron chi connectivity index (χ4n) is 0.819. The molecule has 1 rings (SSSR count). The third-order valence-corrected chi connectivity index (χ3v) is 1.28. The van der Waals surface area contributed by atoms with Crippen LogP contribution >= 0.6 is 0 Å². The summed E-state index contributed by atoms with van der Waals surface area (Å²) in [6.07, 6.45) is 1.89. The zero-order valence-electron chi connectivity index (χ0n) is 6.87. The highest BCUT2D eigenvalue weighted by molar-refractivity contribution is 5.89. The van der Waals surface area contributed by atoms with Crippen molar-refractivity contribution in [1.29, 1.82) is 0 Å². The van der Waals surface area contributed by atoms with Crippen molar-refractivity contribution in [3.05, 3.63) is 12.3 Å². The highest BCUT2D eigenvalue weighted by atomic mass is 16.1. The molecule has 0 radical (unpaired) electrons. The second kappa shape index (κ2) is 3.87. The molecule has 0 saturated heterocycles. The minimum Gasteiger partial charge on any atom is -0.327 e. The number of hydrogen-bond acceptors (Lipinski definition) is 3. The van der Waals surface area contributed by atoms with Crippen LogP contribution in [0.3, 0.4) is 0 Å². The Hall–Kier alpha value is -1.36. The zero-order chi connectivity index (χ0) is 8.97. The second-order valence-corrected chi connectivity index (χ2v) is 2.70. The van der Waals surface area contributed by atoms with Gasteiger partial charge >= 0.3 is 0 Å². The van der Waals surface area contributed by atoms with Crippen LogP contribution in [0, 0.1) is 0 Å². The van der Waals surface area contributed by atoms with Crippen LogP contribution in [0.25, 0.3) is 0 Å². The molecule has 0 saturated carbocycles. The zero-order valence-corrected chi connectivity index (χ0v) is 6.87. The predicted octanol–water partition coefficient (Wildman–Crippen LogP) is 0.0855. The van der Waals surface area contributed by atoms with E-state index < -0.39 is 0 Å². The largest absolute Gasteiger partial charge is 0.327 e. The average molecular weight is 168 g/mol. The van der Waals surface area contributed by atoms with Gasteiger partial charge in [0.1, 0.15) is 5.82 Å². The molecule has 5 nitrogen and oxygen atoms in total. The van der Waals surface area contributed by atoms with E-state index in [9.17, 15) is 4.79 Å². The molecule has 1 heterocycles. The van der Waals surface area contributed by atoms with E-state index in [4.69, 9.17) is 5.73 Å². The molecule has 1 aromatic rings. The quantitative estimate of drug-likeness (QED) is 0.597. The third kappa shape index (κ3) is 2.71. The number of amides is 1. The summed E-state index contributed by atoms with van der Waals surface area (Å²) < 4.78 is 0. The maximum atomic E-state index is 11.1. The first-order chi connectivity index (χ1) is 5.68. The monoisotopic (exact) mass is 168 g/mol. The Morgan fingerprint density at radius 2 is 2.67 bits per heavy atom. The summed E-state index contributed by atoms with van der Waals surface area (Å²) in [6, 6.07) is 1.56. The van der Waals surface area contributed by atoms with E-state index in [0.717, 1.165) is 0 Å². The minimum absolute atomic E-state index is 0.103. The molecule has 0 fully saturated rings. The molecule has 0 bridgehead atoms. The molecule has 1 amide bonds. The van der Waals surface area contributed by atoms with Crippen molar-refractivity contribution in [2.24, 2.45) is 5.73 Å². The number of nitrogens with zero attached hydrogens (tertiary/aromatic N) is 1. The molecule has 1 unspecified atom stereocenters. The topological polar surface area (TPSA) is 83.8 Å². The fourth-order valence-corrected chi connectivity index (χ4v) is 0.819. The van der Waals surface area contributed by atoms with Gasteiger partial charge in [0.25, 0.3) is 0 Å². The van der Waals surface area contributed by atoms with Crippen LogP contribution in [-0.4, -0.2) is 22.1 Å². The summed E-state index contributed by atoms with van der Waals surface area (Å²) in [5.41, 5.74) is 5.44. The Balaban J connectivity index is 2.37. The van der Waals surface area contributed by atoms with Crippen LogP contribution in [0.1, 0.15) is 13.3 Å². The number of rotatable bonds is 3. The molecule has 0 aliphatic heterocycles. The summed E-state index contributed by atoms with van der Waals surface area (Å²) in [6.45, 7) is 1.78. The van der Waals surface area contributed by atoms with Gasteiger partial charge in [-0.15, -0.1) is 0 Å². The van der Waals surface area contributed by atoms with Crippen molar-refractivity contribution in [2.45, 2.75) is 19.4 Å². The summed E-state index contributed by atoms with van der Waals surface area (Å²) in [5, 5.41) is 8.92. The Morgan fingerprint density at radius 1 is 1.92 bits per heavy atom. The number of aromatic amines is 1. The Bertz CT molecular complexity index is 242. The van der Waals surface area contributed by atoms with E-state index in [1.165, 1.54) is 0 Å². The standard InChI is InChI=1S/C7H12N4O/c1-5(8)4-7(12)10-6-2-3-9-11-6/h2-3,5H,4,8H2,1H3,(H2,9,10,11,12). The smallest absolute Gasteiger partial charge is 0.227 e. The van der Waals surface area contributed by atoms with Gasteiger partial charge in [-0.1, -0.05) is 0 Å². The highest BCUT2D eigenvalue weighted by Gasteiger charge is 2.04. The Labute approximate surface area is 70.3 Å². The lowest BCUT2D eigenvalue weighted by Crippen LogP contribution is -2.24. The van der Waals surface area contributed by atoms with Gasteiger partial charge < -0.3 is 11.1 Å². The van der Waals surface area contributed by atoms with E-state index in [1.54, 1.807) is 19.2 Å². The second-order valence-electron chi connectivity index (χ2n) is 2.70. The molecule has 0 spiro atoms. The number of nitrogens with two attached hydrogens (primary N) is 1. The maximum Gasteiger partial charge on any atom is 0.227 e. The summed E-state index contributed by atoms with van der Waals surface area (Å²) in [7, 11) is 0. The van der Waals surface area contributed by atoms with Gasteiger partial charge in [-0.2, -0.15) is 5.10 Å². The van der Waals surface area contributed by atoms with Crippen molar-refractivity contribution in [3.63, 3.8) is 0 Å². The number of H-pyrrole nitrogens is 1. The first-order valence-electron chi connectivity index (χ1n) is 3.73. The number of carbonyl (C=O) groups is 1. The van der Waals surface area contributed by atoms with Crippen molar-refractivity contribution in [2.75, 3.05) is 5.32 Å². The van der Waals surface area contributed by atoms with E-state index in [0.29, 0.717) is 12.2 Å². The molecule has 0 aliphatic rings. The highest BCUT2D eigenvalue weighted by Crippen LogP contribution is 1.99. The normalized spacial score (nSPS) is 12.5. The predicted molar refractivity (Wildman–Crippen MR) is 45.5 cm³/mol. The first-order valence-corrected chi connectivity index (χ1v) is 3.73. The number of anilines is 1. The van der Waals surface area contributed by atoms with Gasteiger partial charge in [0.15, 0.2) is 0 Å². The van der Waals surface area contributed by atoms with Crippen molar-refractivity contribution in [3.8, 4) is 0 Å². The van der Waals surface area contributed by atoms with Gasteiger partial charge in [-0.05, 0) is 6.92 Å². The van der Waals surface area contributed by atoms with Crippen LogP contribution in [0.2, 0.25) is 0 Å². The molecular weight excluding hydrogens is 156 g/mol. The molecule has 4 N–H and O–H groups in total. The molecule has 1 aromatic heterocycles. The van der Waals surface area contributed by atoms with E-state index in [-0.39, 0.29) is 11.9 Å². The minimum atomic E-state index is -0.118. The van der Waals surface area contributed by atoms with Crippen LogP contribution < -0.4 is 11.1 Å². The molecule has 0 aromatic carbocycles. The molecule has 1 atom stereocenters. The van der Waals surface area contributed by atoms with Crippen LogP contribution in [0.5, 0.6) is 0 Å². The van der Waals surface area contributed by atoms with E-state index >= 15 is 0 Å². The van der Waals surface area contributed by atoms with Gasteiger partial charge in [0.2, 0.25) is 5.91 Å². The number of carbonyl (C=O) groups excluding carboxylic acids is 1. The van der Waals surface area contributed by atoms with Crippen LogP contribution in [0.15, 0.2) is 12.3 Å². The Kier molecular flexibility index (Phi) is 2.82. The number of aromatic nitrogens is 2. The molecule has 0 aliphatic carbocycles. The Morgan fingerprint density at radius 3 is 3.17 bits per heavy atom. The fraction of sp³-hybridized carbons (Fsp3) is 0.429. The third-order valence-electron chi connectivity index (χ3n) is 1.28. The molecule has 5 heteroatoms. The molecular formula is C7H12N4O. The maximum absolute atomic E-state index is 11.1. The number of hydrogen-bond donors (Lipinski definition) is 3. The van der Waals surface area contributed by atoms with Crippen molar-refractivity contribution >= 4 is 11.7 Å². The number of nitrogens with one attached hydrogen (secondary N) is 2.